The lowest BCUT2D eigenvalue weighted by molar-refractivity contribution is 0.0350. The van der Waals surface area contributed by atoms with Crippen molar-refractivity contribution in [1.82, 2.24) is 14.8 Å². The van der Waals surface area contributed by atoms with Gasteiger partial charge in [0, 0.05) is 33.0 Å². The van der Waals surface area contributed by atoms with E-state index in [-0.39, 0.29) is 24.4 Å². The highest BCUT2D eigenvalue weighted by atomic mass is 16.6. The standard InChI is InChI=1S/C19H21N3O4/c1-13-16(26-14(2)20-13)17(23)21-8-9-22-18(24)25-12-19(22,11-21)10-15-6-4-3-5-7-15/h3-7H,8-12H2,1-2H3. The van der Waals surface area contributed by atoms with Gasteiger partial charge < -0.3 is 14.1 Å². The maximum atomic E-state index is 12.9. The number of aromatic nitrogens is 1. The number of hydrogen-bond donors (Lipinski definition) is 0. The van der Waals surface area contributed by atoms with E-state index >= 15 is 0 Å². The molecule has 0 spiro atoms. The van der Waals surface area contributed by atoms with Crippen molar-refractivity contribution in [3.05, 3.63) is 53.2 Å². The van der Waals surface area contributed by atoms with Gasteiger partial charge in [-0.2, -0.15) is 0 Å². The smallest absolute Gasteiger partial charge is 0.410 e. The van der Waals surface area contributed by atoms with E-state index in [2.05, 4.69) is 4.98 Å². The van der Waals surface area contributed by atoms with Crippen molar-refractivity contribution in [3.8, 4) is 0 Å². The fraction of sp³-hybridized carbons (Fsp3) is 0.421. The second-order valence-electron chi connectivity index (χ2n) is 6.97. The third-order valence-corrected chi connectivity index (χ3v) is 5.10. The fourth-order valence-electron chi connectivity index (χ4n) is 3.88. The van der Waals surface area contributed by atoms with E-state index in [0.29, 0.717) is 37.6 Å². The fourth-order valence-corrected chi connectivity index (χ4v) is 3.88. The van der Waals surface area contributed by atoms with E-state index in [1.54, 1.807) is 23.6 Å². The molecule has 2 fully saturated rings. The summed E-state index contributed by atoms with van der Waals surface area (Å²) in [6.45, 7) is 5.07. The number of rotatable bonds is 3. The second-order valence-corrected chi connectivity index (χ2v) is 6.97. The van der Waals surface area contributed by atoms with Crippen molar-refractivity contribution in [2.75, 3.05) is 26.2 Å². The normalized spacial score (nSPS) is 22.3. The lowest BCUT2D eigenvalue weighted by Crippen LogP contribution is -2.63. The molecule has 1 aromatic heterocycles. The summed E-state index contributed by atoms with van der Waals surface area (Å²) in [6.07, 6.45) is 0.331. The average Bonchev–Trinajstić information content (AvgIpc) is 3.14. The van der Waals surface area contributed by atoms with Crippen molar-refractivity contribution >= 4 is 12.0 Å². The monoisotopic (exact) mass is 355 g/mol. The molecule has 2 aromatic rings. The topological polar surface area (TPSA) is 75.9 Å². The minimum atomic E-state index is -0.546. The van der Waals surface area contributed by atoms with Crippen LogP contribution in [0.25, 0.3) is 0 Å². The second kappa shape index (κ2) is 6.16. The molecular weight excluding hydrogens is 334 g/mol. The molecule has 1 atom stereocenters. The Morgan fingerprint density at radius 1 is 1.23 bits per heavy atom. The van der Waals surface area contributed by atoms with Crippen LogP contribution in [0.1, 0.15) is 27.7 Å². The van der Waals surface area contributed by atoms with Crippen LogP contribution in [0.4, 0.5) is 4.79 Å². The van der Waals surface area contributed by atoms with Crippen LogP contribution in [-0.4, -0.2) is 58.6 Å². The Labute approximate surface area is 151 Å². The average molecular weight is 355 g/mol. The van der Waals surface area contributed by atoms with Crippen molar-refractivity contribution in [3.63, 3.8) is 0 Å². The first-order chi connectivity index (χ1) is 12.5. The van der Waals surface area contributed by atoms with Crippen LogP contribution in [-0.2, 0) is 11.2 Å². The highest BCUT2D eigenvalue weighted by Crippen LogP contribution is 2.33. The molecule has 136 valence electrons. The molecule has 26 heavy (non-hydrogen) atoms. The van der Waals surface area contributed by atoms with E-state index in [1.165, 1.54) is 0 Å². The predicted molar refractivity (Wildman–Crippen MR) is 92.8 cm³/mol. The number of amides is 2. The Hall–Kier alpha value is -2.83. The van der Waals surface area contributed by atoms with E-state index in [1.807, 2.05) is 30.3 Å². The van der Waals surface area contributed by atoms with Gasteiger partial charge in [0.25, 0.3) is 5.91 Å². The van der Waals surface area contributed by atoms with Gasteiger partial charge in [0.05, 0.1) is 5.69 Å². The summed E-state index contributed by atoms with van der Waals surface area (Å²) in [5, 5.41) is 0. The van der Waals surface area contributed by atoms with Crippen molar-refractivity contribution in [1.29, 1.82) is 0 Å². The number of piperazine rings is 1. The molecule has 4 rings (SSSR count). The summed E-state index contributed by atoms with van der Waals surface area (Å²) in [7, 11) is 0. The number of fused-ring (bicyclic) bond motifs is 1. The summed E-state index contributed by atoms with van der Waals surface area (Å²) >= 11 is 0. The number of cyclic esters (lactones) is 1. The number of carbonyl (C=O) groups excluding carboxylic acids is 2. The van der Waals surface area contributed by atoms with Gasteiger partial charge in [0.2, 0.25) is 5.76 Å². The summed E-state index contributed by atoms with van der Waals surface area (Å²) in [6, 6.07) is 9.96. The van der Waals surface area contributed by atoms with Gasteiger partial charge in [0.15, 0.2) is 5.89 Å². The van der Waals surface area contributed by atoms with Crippen LogP contribution in [0.15, 0.2) is 34.7 Å². The lowest BCUT2D eigenvalue weighted by atomic mass is 9.88. The first kappa shape index (κ1) is 16.6. The minimum absolute atomic E-state index is 0.186. The highest BCUT2D eigenvalue weighted by Gasteiger charge is 2.51. The number of carbonyl (C=O) groups is 2. The van der Waals surface area contributed by atoms with Gasteiger partial charge in [-0.05, 0) is 12.5 Å². The molecule has 0 bridgehead atoms. The van der Waals surface area contributed by atoms with Crippen LogP contribution in [0.3, 0.4) is 0 Å². The first-order valence-corrected chi connectivity index (χ1v) is 8.70. The zero-order valence-corrected chi connectivity index (χ0v) is 14.9. The quantitative estimate of drug-likeness (QED) is 0.843. The molecule has 2 amide bonds. The van der Waals surface area contributed by atoms with Gasteiger partial charge in [0.1, 0.15) is 12.1 Å². The van der Waals surface area contributed by atoms with Gasteiger partial charge in [-0.1, -0.05) is 30.3 Å². The van der Waals surface area contributed by atoms with Gasteiger partial charge >= 0.3 is 6.09 Å². The molecule has 3 heterocycles. The first-order valence-electron chi connectivity index (χ1n) is 8.70. The van der Waals surface area contributed by atoms with E-state index in [9.17, 15) is 9.59 Å². The molecule has 1 unspecified atom stereocenters. The van der Waals surface area contributed by atoms with Crippen molar-refractivity contribution < 1.29 is 18.7 Å². The Morgan fingerprint density at radius 3 is 2.69 bits per heavy atom. The molecule has 2 aliphatic rings. The Balaban J connectivity index is 1.62. The van der Waals surface area contributed by atoms with E-state index in [4.69, 9.17) is 9.15 Å². The Bertz CT molecular complexity index is 848. The van der Waals surface area contributed by atoms with Gasteiger partial charge in [-0.15, -0.1) is 0 Å². The van der Waals surface area contributed by atoms with Crippen molar-refractivity contribution in [2.45, 2.75) is 25.8 Å². The Kier molecular flexibility index (Phi) is 3.94. The van der Waals surface area contributed by atoms with E-state index in [0.717, 1.165) is 5.56 Å². The predicted octanol–water partition coefficient (Wildman–Crippen LogP) is 2.18. The SMILES string of the molecule is Cc1nc(C)c(C(=O)N2CCN3C(=O)OCC3(Cc3ccccc3)C2)o1. The highest BCUT2D eigenvalue weighted by molar-refractivity contribution is 5.92. The third-order valence-electron chi connectivity index (χ3n) is 5.10. The van der Waals surface area contributed by atoms with Crippen LogP contribution in [0, 0.1) is 13.8 Å². The summed E-state index contributed by atoms with van der Waals surface area (Å²) in [5.41, 5.74) is 1.15. The van der Waals surface area contributed by atoms with Crippen LogP contribution >= 0.6 is 0 Å². The van der Waals surface area contributed by atoms with Gasteiger partial charge in [-0.25, -0.2) is 9.78 Å². The number of hydrogen-bond acceptors (Lipinski definition) is 5. The van der Waals surface area contributed by atoms with Gasteiger partial charge in [-0.3, -0.25) is 9.69 Å². The molecule has 0 aliphatic carbocycles. The molecule has 1 aromatic carbocycles. The van der Waals surface area contributed by atoms with Crippen molar-refractivity contribution in [2.24, 2.45) is 0 Å². The molecule has 2 saturated heterocycles. The molecule has 7 heteroatoms. The summed E-state index contributed by atoms with van der Waals surface area (Å²) in [5.74, 6) is 0.563. The molecule has 2 aliphatic heterocycles. The molecule has 0 radical (unpaired) electrons. The number of oxazole rings is 1. The maximum absolute atomic E-state index is 12.9. The van der Waals surface area contributed by atoms with E-state index < -0.39 is 5.54 Å². The largest absolute Gasteiger partial charge is 0.447 e. The third kappa shape index (κ3) is 2.73. The number of ether oxygens (including phenoxy) is 1. The summed E-state index contributed by atoms with van der Waals surface area (Å²) in [4.78, 5) is 32.8. The molecule has 0 N–H and O–H groups in total. The molecular formula is C19H21N3O4. The minimum Gasteiger partial charge on any atom is -0.447 e. The number of nitrogens with zero attached hydrogens (tertiary/aromatic N) is 3. The zero-order chi connectivity index (χ0) is 18.3. The summed E-state index contributed by atoms with van der Waals surface area (Å²) < 4.78 is 10.8. The number of aryl methyl sites for hydroxylation is 2. The molecule has 7 nitrogen and oxygen atoms in total. The van der Waals surface area contributed by atoms with Crippen LogP contribution in [0.2, 0.25) is 0 Å². The molecule has 0 saturated carbocycles. The van der Waals surface area contributed by atoms with Crippen LogP contribution in [0.5, 0.6) is 0 Å². The zero-order valence-electron chi connectivity index (χ0n) is 14.9. The number of benzene rings is 1. The van der Waals surface area contributed by atoms with Crippen LogP contribution < -0.4 is 0 Å². The lowest BCUT2D eigenvalue weighted by Gasteiger charge is -2.44. The Morgan fingerprint density at radius 2 is 2.00 bits per heavy atom. The maximum Gasteiger partial charge on any atom is 0.410 e.